The number of allylic oxidation sites excluding steroid dienone is 2. The van der Waals surface area contributed by atoms with Crippen LogP contribution < -0.4 is 4.74 Å². The van der Waals surface area contributed by atoms with Crippen LogP contribution in [0.25, 0.3) is 0 Å². The van der Waals surface area contributed by atoms with Crippen molar-refractivity contribution in [3.63, 3.8) is 0 Å². The van der Waals surface area contributed by atoms with Crippen molar-refractivity contribution in [3.8, 4) is 5.75 Å². The molecule has 0 saturated heterocycles. The van der Waals surface area contributed by atoms with Gasteiger partial charge in [-0.2, -0.15) is 0 Å². The highest BCUT2D eigenvalue weighted by Gasteiger charge is 2.22. The van der Waals surface area contributed by atoms with E-state index in [1.54, 1.807) is 14.0 Å². The lowest BCUT2D eigenvalue weighted by Gasteiger charge is -2.24. The molecule has 0 unspecified atom stereocenters. The fraction of sp³-hybridized carbons (Fsp3) is 0.421. The minimum atomic E-state index is 0.190. The van der Waals surface area contributed by atoms with Gasteiger partial charge in [0.05, 0.1) is 7.11 Å². The molecule has 2 heteroatoms. The molecule has 2 atom stereocenters. The van der Waals surface area contributed by atoms with Crippen molar-refractivity contribution in [1.29, 1.82) is 0 Å². The summed E-state index contributed by atoms with van der Waals surface area (Å²) in [5, 5.41) is 0. The van der Waals surface area contributed by atoms with Crippen LogP contribution in [0.1, 0.15) is 44.1 Å². The van der Waals surface area contributed by atoms with Crippen LogP contribution in [0.3, 0.4) is 0 Å². The topological polar surface area (TPSA) is 26.3 Å². The molecule has 0 heterocycles. The number of methoxy groups -OCH3 is 1. The molecule has 0 aliphatic rings. The van der Waals surface area contributed by atoms with E-state index in [9.17, 15) is 4.79 Å². The van der Waals surface area contributed by atoms with Gasteiger partial charge < -0.3 is 9.53 Å². The third-order valence-electron chi connectivity index (χ3n) is 3.82. The van der Waals surface area contributed by atoms with E-state index < -0.39 is 0 Å². The minimum absolute atomic E-state index is 0.190. The predicted molar refractivity (Wildman–Crippen MR) is 88.8 cm³/mol. The first-order chi connectivity index (χ1) is 10.1. The standard InChI is InChI=1S/C19H26O2/c1-5-7-8-9-16(6-2)19(14-15(3)20)17-10-12-18(21-4)13-11-17/h5-6,10-13,16,19H,1-2,7-9,14H2,3-4H3/t16-,19+/m1/s1. The molecule has 1 rings (SSSR count). The lowest BCUT2D eigenvalue weighted by molar-refractivity contribution is -0.117. The average molecular weight is 286 g/mol. The number of carbonyl (C=O) groups is 1. The van der Waals surface area contributed by atoms with Gasteiger partial charge in [0.1, 0.15) is 11.5 Å². The van der Waals surface area contributed by atoms with E-state index in [0.29, 0.717) is 12.3 Å². The summed E-state index contributed by atoms with van der Waals surface area (Å²) < 4.78 is 5.20. The molecule has 0 fully saturated rings. The largest absolute Gasteiger partial charge is 0.497 e. The van der Waals surface area contributed by atoms with Gasteiger partial charge in [-0.3, -0.25) is 0 Å². The molecule has 1 aromatic rings. The molecule has 0 spiro atoms. The van der Waals surface area contributed by atoms with E-state index >= 15 is 0 Å². The van der Waals surface area contributed by atoms with Crippen molar-refractivity contribution in [2.24, 2.45) is 5.92 Å². The van der Waals surface area contributed by atoms with E-state index in [0.717, 1.165) is 25.0 Å². The summed E-state index contributed by atoms with van der Waals surface area (Å²) in [7, 11) is 1.66. The Morgan fingerprint density at radius 1 is 1.29 bits per heavy atom. The molecule has 0 aromatic heterocycles. The van der Waals surface area contributed by atoms with E-state index in [1.165, 1.54) is 5.56 Å². The molecule has 0 amide bonds. The van der Waals surface area contributed by atoms with Gasteiger partial charge in [-0.25, -0.2) is 0 Å². The van der Waals surface area contributed by atoms with Crippen LogP contribution in [0, 0.1) is 5.92 Å². The van der Waals surface area contributed by atoms with Crippen LogP contribution in [-0.4, -0.2) is 12.9 Å². The van der Waals surface area contributed by atoms with Crippen LogP contribution in [0.15, 0.2) is 49.6 Å². The first-order valence-corrected chi connectivity index (χ1v) is 7.49. The summed E-state index contributed by atoms with van der Waals surface area (Å²) >= 11 is 0. The number of carbonyl (C=O) groups excluding carboxylic acids is 1. The van der Waals surface area contributed by atoms with Crippen LogP contribution in [0.5, 0.6) is 5.75 Å². The minimum Gasteiger partial charge on any atom is -0.497 e. The molecule has 0 N–H and O–H groups in total. The second kappa shape index (κ2) is 9.17. The Bertz CT molecular complexity index is 459. The Morgan fingerprint density at radius 2 is 1.95 bits per heavy atom. The van der Waals surface area contributed by atoms with Crippen LogP contribution in [-0.2, 0) is 4.79 Å². The maximum Gasteiger partial charge on any atom is 0.130 e. The van der Waals surface area contributed by atoms with Crippen LogP contribution >= 0.6 is 0 Å². The van der Waals surface area contributed by atoms with Gasteiger partial charge in [0.15, 0.2) is 0 Å². The summed E-state index contributed by atoms with van der Waals surface area (Å²) in [6, 6.07) is 8.01. The van der Waals surface area contributed by atoms with Crippen LogP contribution in [0.2, 0.25) is 0 Å². The third-order valence-corrected chi connectivity index (χ3v) is 3.82. The highest BCUT2D eigenvalue weighted by Crippen LogP contribution is 2.33. The maximum atomic E-state index is 11.6. The molecule has 1 aromatic carbocycles. The van der Waals surface area contributed by atoms with Crippen molar-refractivity contribution < 1.29 is 9.53 Å². The number of hydrogen-bond donors (Lipinski definition) is 0. The normalized spacial score (nSPS) is 13.2. The predicted octanol–water partition coefficient (Wildman–Crippen LogP) is 4.92. The van der Waals surface area contributed by atoms with Crippen molar-refractivity contribution in [3.05, 3.63) is 55.1 Å². The summed E-state index contributed by atoms with van der Waals surface area (Å²) in [5.74, 6) is 1.55. The van der Waals surface area contributed by atoms with Gasteiger partial charge in [0, 0.05) is 6.42 Å². The lowest BCUT2D eigenvalue weighted by Crippen LogP contribution is -2.14. The zero-order chi connectivity index (χ0) is 15.7. The number of hydrogen-bond acceptors (Lipinski definition) is 2. The second-order valence-electron chi connectivity index (χ2n) is 5.40. The zero-order valence-corrected chi connectivity index (χ0v) is 13.2. The van der Waals surface area contributed by atoms with Crippen molar-refractivity contribution in [2.75, 3.05) is 7.11 Å². The van der Waals surface area contributed by atoms with Crippen molar-refractivity contribution >= 4 is 5.78 Å². The quantitative estimate of drug-likeness (QED) is 0.451. The summed E-state index contributed by atoms with van der Waals surface area (Å²) in [5.41, 5.74) is 1.18. The van der Waals surface area contributed by atoms with Crippen molar-refractivity contribution in [1.82, 2.24) is 0 Å². The van der Waals surface area contributed by atoms with Gasteiger partial charge in [-0.05, 0) is 55.7 Å². The fourth-order valence-electron chi connectivity index (χ4n) is 2.66. The Hall–Kier alpha value is -1.83. The van der Waals surface area contributed by atoms with Gasteiger partial charge in [-0.1, -0.05) is 24.3 Å². The summed E-state index contributed by atoms with van der Waals surface area (Å²) in [6.45, 7) is 9.38. The number of rotatable bonds is 10. The monoisotopic (exact) mass is 286 g/mol. The van der Waals surface area contributed by atoms with Crippen LogP contribution in [0.4, 0.5) is 0 Å². The average Bonchev–Trinajstić information content (AvgIpc) is 2.50. The Kier molecular flexibility index (Phi) is 7.52. The number of ether oxygens (including phenoxy) is 1. The number of ketones is 1. The number of unbranched alkanes of at least 4 members (excludes halogenated alkanes) is 1. The maximum absolute atomic E-state index is 11.6. The third kappa shape index (κ3) is 5.58. The molecule has 0 aliphatic heterocycles. The highest BCUT2D eigenvalue weighted by molar-refractivity contribution is 5.76. The molecular weight excluding hydrogens is 260 g/mol. The number of Topliss-reactive ketones (excluding diaryl/α,β-unsaturated/α-hetero) is 1. The van der Waals surface area contributed by atoms with E-state index in [2.05, 4.69) is 25.3 Å². The highest BCUT2D eigenvalue weighted by atomic mass is 16.5. The lowest BCUT2D eigenvalue weighted by atomic mass is 9.80. The van der Waals surface area contributed by atoms with Gasteiger partial charge >= 0.3 is 0 Å². The van der Waals surface area contributed by atoms with E-state index in [1.807, 2.05) is 24.3 Å². The van der Waals surface area contributed by atoms with E-state index in [4.69, 9.17) is 4.74 Å². The Labute approximate surface area is 128 Å². The molecule has 0 aliphatic carbocycles. The van der Waals surface area contributed by atoms with E-state index in [-0.39, 0.29) is 11.7 Å². The first-order valence-electron chi connectivity index (χ1n) is 7.49. The number of benzene rings is 1. The SMILES string of the molecule is C=CCCC[C@@H](C=C)[C@H](CC(C)=O)c1ccc(OC)cc1. The molecule has 2 nitrogen and oxygen atoms in total. The van der Waals surface area contributed by atoms with Gasteiger partial charge in [0.25, 0.3) is 0 Å². The smallest absolute Gasteiger partial charge is 0.130 e. The molecule has 21 heavy (non-hydrogen) atoms. The fourth-order valence-corrected chi connectivity index (χ4v) is 2.66. The van der Waals surface area contributed by atoms with Gasteiger partial charge in [-0.15, -0.1) is 13.2 Å². The second-order valence-corrected chi connectivity index (χ2v) is 5.40. The molecule has 0 saturated carbocycles. The summed E-state index contributed by atoms with van der Waals surface area (Å²) in [4.78, 5) is 11.6. The molecular formula is C19H26O2. The van der Waals surface area contributed by atoms with Crippen molar-refractivity contribution in [2.45, 2.75) is 38.5 Å². The summed E-state index contributed by atoms with van der Waals surface area (Å²) in [6.07, 6.45) is 7.58. The zero-order valence-electron chi connectivity index (χ0n) is 13.2. The first kappa shape index (κ1) is 17.2. The van der Waals surface area contributed by atoms with Gasteiger partial charge in [0.2, 0.25) is 0 Å². The Morgan fingerprint density at radius 3 is 2.43 bits per heavy atom. The molecule has 0 bridgehead atoms. The molecule has 0 radical (unpaired) electrons. The molecule has 114 valence electrons. The Balaban J connectivity index is 2.92.